The maximum Gasteiger partial charge on any atom is 0.410 e. The quantitative estimate of drug-likeness (QED) is 0.719. The van der Waals surface area contributed by atoms with Gasteiger partial charge in [0.25, 0.3) is 0 Å². The molecule has 2 rings (SSSR count). The molecule has 0 bridgehead atoms. The highest BCUT2D eigenvalue weighted by Gasteiger charge is 2.50. The predicted molar refractivity (Wildman–Crippen MR) is 105 cm³/mol. The van der Waals surface area contributed by atoms with E-state index in [2.05, 4.69) is 4.99 Å². The number of nitrogens with zero attached hydrogens (tertiary/aromatic N) is 2. The minimum absolute atomic E-state index is 0.123. The second-order valence-electron chi connectivity index (χ2n) is 8.61. The third-order valence-corrected chi connectivity index (χ3v) is 5.14. The number of ether oxygens (including phenoxy) is 2. The van der Waals surface area contributed by atoms with Crippen molar-refractivity contribution in [2.75, 3.05) is 20.2 Å². The molecule has 29 heavy (non-hydrogen) atoms. The van der Waals surface area contributed by atoms with Crippen LogP contribution in [0.5, 0.6) is 0 Å². The summed E-state index contributed by atoms with van der Waals surface area (Å²) in [6.45, 7) is 8.15. The number of amides is 1. The number of likely N-dealkylation sites (tertiary alicyclic amines) is 1. The van der Waals surface area contributed by atoms with Gasteiger partial charge in [0, 0.05) is 13.1 Å². The highest BCUT2D eigenvalue weighted by molar-refractivity contribution is 5.95. The molecule has 160 valence electrons. The van der Waals surface area contributed by atoms with Crippen molar-refractivity contribution < 1.29 is 34.1 Å². The first-order chi connectivity index (χ1) is 13.2. The summed E-state index contributed by atoms with van der Waals surface area (Å²) in [5, 5.41) is 19.8. The fraction of sp³-hybridized carbons (Fsp3) is 0.600. The van der Waals surface area contributed by atoms with Gasteiger partial charge < -0.3 is 24.6 Å². The molecule has 0 radical (unpaired) electrons. The molecule has 9 heteroatoms. The summed E-state index contributed by atoms with van der Waals surface area (Å²) in [5.74, 6) is -2.14. The molecule has 0 aliphatic carbocycles. The molecule has 0 aromatic rings. The number of carbonyl (C=O) groups is 3. The monoisotopic (exact) mass is 408 g/mol. The summed E-state index contributed by atoms with van der Waals surface area (Å²) in [6.07, 6.45) is 2.42. The van der Waals surface area contributed by atoms with Crippen LogP contribution in [0.2, 0.25) is 0 Å². The average Bonchev–Trinajstić information content (AvgIpc) is 2.60. The smallest absolute Gasteiger partial charge is 0.410 e. The zero-order valence-electron chi connectivity index (χ0n) is 17.6. The zero-order chi connectivity index (χ0) is 22.2. The first-order valence-electron chi connectivity index (χ1n) is 9.25. The molecule has 0 spiro atoms. The lowest BCUT2D eigenvalue weighted by atomic mass is 9.71. The number of rotatable bonds is 2. The number of methoxy groups -OCH3 is 1. The van der Waals surface area contributed by atoms with Crippen LogP contribution in [-0.2, 0) is 19.1 Å². The summed E-state index contributed by atoms with van der Waals surface area (Å²) in [7, 11) is 1.40. The maximum absolute atomic E-state index is 12.5. The molecule has 1 amide bonds. The van der Waals surface area contributed by atoms with Crippen LogP contribution in [-0.4, -0.2) is 64.8 Å². The molecule has 2 N–H and O–H groups in total. The van der Waals surface area contributed by atoms with E-state index in [4.69, 9.17) is 9.47 Å². The van der Waals surface area contributed by atoms with Gasteiger partial charge in [-0.25, -0.2) is 9.79 Å². The van der Waals surface area contributed by atoms with Crippen LogP contribution in [0, 0.1) is 10.8 Å². The molecule has 0 aromatic carbocycles. The number of carboxylic acids is 2. The molecular weight excluding hydrogens is 380 g/mol. The van der Waals surface area contributed by atoms with Crippen LogP contribution in [0.15, 0.2) is 28.4 Å². The Kier molecular flexibility index (Phi) is 5.83. The van der Waals surface area contributed by atoms with Gasteiger partial charge in [0.05, 0.1) is 12.8 Å². The molecule has 2 unspecified atom stereocenters. The first-order valence-corrected chi connectivity index (χ1v) is 9.25. The summed E-state index contributed by atoms with van der Waals surface area (Å²) in [5.41, 5.74) is -3.29. The van der Waals surface area contributed by atoms with E-state index in [1.807, 2.05) is 0 Å². The largest absolute Gasteiger partial charge is 0.481 e. The normalized spacial score (nSPS) is 29.9. The van der Waals surface area contributed by atoms with Gasteiger partial charge in [0.2, 0.25) is 5.90 Å². The van der Waals surface area contributed by atoms with E-state index < -0.39 is 34.5 Å². The zero-order valence-corrected chi connectivity index (χ0v) is 17.6. The lowest BCUT2D eigenvalue weighted by molar-refractivity contribution is -0.148. The van der Waals surface area contributed by atoms with E-state index in [1.165, 1.54) is 38.0 Å². The van der Waals surface area contributed by atoms with Gasteiger partial charge in [-0.2, -0.15) is 0 Å². The van der Waals surface area contributed by atoms with E-state index in [1.54, 1.807) is 20.8 Å². The number of carbonyl (C=O) groups excluding carboxylic acids is 1. The molecule has 1 saturated heterocycles. The van der Waals surface area contributed by atoms with E-state index in [0.717, 1.165) is 0 Å². The standard InChI is InChI=1S/C20H28N2O7/c1-18(2,3)29-17(27)22-10-8-12(20(5,11-22)16(25)26)14-19(4,15(23)24)9-7-13(21-14)28-6/h7,9H,8,10-11H2,1-6H3,(H,23,24)(H,25,26). The Labute approximate surface area is 169 Å². The van der Waals surface area contributed by atoms with Crippen molar-refractivity contribution in [2.45, 2.75) is 46.6 Å². The van der Waals surface area contributed by atoms with Crippen LogP contribution >= 0.6 is 0 Å². The molecule has 1 fully saturated rings. The summed E-state index contributed by atoms with van der Waals surface area (Å²) >= 11 is 0. The van der Waals surface area contributed by atoms with Gasteiger partial charge in [-0.05, 0) is 52.7 Å². The lowest BCUT2D eigenvalue weighted by Gasteiger charge is -2.42. The van der Waals surface area contributed by atoms with Gasteiger partial charge in [-0.1, -0.05) is 6.08 Å². The number of dihydropyridines is 1. The molecule has 2 heterocycles. The summed E-state index contributed by atoms with van der Waals surface area (Å²) in [6, 6.07) is 0. The molecule has 0 aromatic heterocycles. The van der Waals surface area contributed by atoms with Crippen molar-refractivity contribution in [3.63, 3.8) is 0 Å². The van der Waals surface area contributed by atoms with E-state index >= 15 is 0 Å². The van der Waals surface area contributed by atoms with Crippen LogP contribution in [0.25, 0.3) is 0 Å². The Balaban J connectivity index is 2.55. The number of hydrogen-bond acceptors (Lipinski definition) is 6. The Morgan fingerprint density at radius 2 is 1.79 bits per heavy atom. The van der Waals surface area contributed by atoms with Crippen molar-refractivity contribution >= 4 is 23.9 Å². The van der Waals surface area contributed by atoms with Crippen molar-refractivity contribution in [1.82, 2.24) is 4.90 Å². The average molecular weight is 408 g/mol. The van der Waals surface area contributed by atoms with E-state index in [-0.39, 0.29) is 31.1 Å². The Morgan fingerprint density at radius 1 is 1.17 bits per heavy atom. The Morgan fingerprint density at radius 3 is 2.28 bits per heavy atom. The Hall–Kier alpha value is -2.84. The van der Waals surface area contributed by atoms with Gasteiger partial charge in [-0.15, -0.1) is 0 Å². The fourth-order valence-electron chi connectivity index (χ4n) is 3.39. The summed E-state index contributed by atoms with van der Waals surface area (Å²) < 4.78 is 10.5. The Bertz CT molecular complexity index is 821. The fourth-order valence-corrected chi connectivity index (χ4v) is 3.39. The minimum atomic E-state index is -1.53. The lowest BCUT2D eigenvalue weighted by Crippen LogP contribution is -2.52. The number of piperidine rings is 1. The number of hydrogen-bond donors (Lipinski definition) is 2. The topological polar surface area (TPSA) is 126 Å². The van der Waals surface area contributed by atoms with Crippen molar-refractivity contribution in [1.29, 1.82) is 0 Å². The SMILES string of the molecule is COC1=NC(=C2CCN(C(=O)OC(C)(C)C)CC2(C)C(=O)O)C(C)(C(=O)O)C=C1. The molecule has 9 nitrogen and oxygen atoms in total. The predicted octanol–water partition coefficient (Wildman–Crippen LogP) is 2.68. The van der Waals surface area contributed by atoms with Crippen LogP contribution in [0.3, 0.4) is 0 Å². The van der Waals surface area contributed by atoms with Crippen LogP contribution in [0.1, 0.15) is 41.0 Å². The van der Waals surface area contributed by atoms with Crippen molar-refractivity contribution in [3.8, 4) is 0 Å². The van der Waals surface area contributed by atoms with Crippen molar-refractivity contribution in [3.05, 3.63) is 23.4 Å². The van der Waals surface area contributed by atoms with Gasteiger partial charge in [0.15, 0.2) is 0 Å². The third kappa shape index (κ3) is 4.28. The molecule has 2 aliphatic rings. The molecule has 2 atom stereocenters. The number of aliphatic carboxylic acids is 2. The second-order valence-corrected chi connectivity index (χ2v) is 8.61. The maximum atomic E-state index is 12.5. The number of carboxylic acid groups (broad SMARTS) is 2. The molecule has 2 aliphatic heterocycles. The van der Waals surface area contributed by atoms with E-state index in [0.29, 0.717) is 5.57 Å². The summed E-state index contributed by atoms with van der Waals surface area (Å²) in [4.78, 5) is 42.4. The number of aliphatic imine (C=N–C) groups is 1. The van der Waals surface area contributed by atoms with E-state index in [9.17, 15) is 24.6 Å². The van der Waals surface area contributed by atoms with Gasteiger partial charge in [0.1, 0.15) is 16.4 Å². The first kappa shape index (κ1) is 22.4. The third-order valence-electron chi connectivity index (χ3n) is 5.14. The van der Waals surface area contributed by atoms with Crippen molar-refractivity contribution in [2.24, 2.45) is 15.8 Å². The van der Waals surface area contributed by atoms with Gasteiger partial charge in [-0.3, -0.25) is 9.59 Å². The van der Waals surface area contributed by atoms with Crippen LogP contribution < -0.4 is 0 Å². The second kappa shape index (κ2) is 7.53. The van der Waals surface area contributed by atoms with Crippen LogP contribution in [0.4, 0.5) is 4.79 Å². The molecular formula is C20H28N2O7. The van der Waals surface area contributed by atoms with Gasteiger partial charge >= 0.3 is 18.0 Å². The highest BCUT2D eigenvalue weighted by Crippen LogP contribution is 2.45. The highest BCUT2D eigenvalue weighted by atomic mass is 16.6. The molecule has 0 saturated carbocycles. The minimum Gasteiger partial charge on any atom is -0.481 e.